The van der Waals surface area contributed by atoms with Gasteiger partial charge in [-0.05, 0) is 24.1 Å². The highest BCUT2D eigenvalue weighted by atomic mass is 35.5. The average Bonchev–Trinajstić information content (AvgIpc) is 2.44. The topological polar surface area (TPSA) is 58.5 Å². The number of nitrogens with zero attached hydrogens (tertiary/aromatic N) is 3. The van der Waals surface area contributed by atoms with Crippen LogP contribution in [0.15, 0.2) is 30.5 Å². The van der Waals surface area contributed by atoms with Crippen LogP contribution in [0.1, 0.15) is 11.1 Å². The molecule has 20 heavy (non-hydrogen) atoms. The van der Waals surface area contributed by atoms with Crippen LogP contribution in [0.2, 0.25) is 5.28 Å². The lowest BCUT2D eigenvalue weighted by atomic mass is 9.96. The summed E-state index contributed by atoms with van der Waals surface area (Å²) in [5.41, 5.74) is 0.479. The van der Waals surface area contributed by atoms with Crippen molar-refractivity contribution in [1.29, 1.82) is 0 Å². The van der Waals surface area contributed by atoms with Gasteiger partial charge in [0.1, 0.15) is 6.61 Å². The molecule has 3 rings (SSSR count). The Labute approximate surface area is 121 Å². The van der Waals surface area contributed by atoms with Crippen LogP contribution in [0, 0.1) is 6.92 Å². The predicted molar refractivity (Wildman–Crippen MR) is 76.0 cm³/mol. The minimum atomic E-state index is -1.28. The molecule has 104 valence electrons. The van der Waals surface area contributed by atoms with Crippen molar-refractivity contribution in [2.75, 3.05) is 18.6 Å². The standard InChI is InChI=1S/C14H14ClN3O2/c1-9-5-3-4-6-10(9)14(19)8-20-11-7-16-13(15)17-12(11)18(14)2/h3-7,19H,8H2,1-2H3. The Balaban J connectivity index is 2.11. The van der Waals surface area contributed by atoms with Gasteiger partial charge in [-0.1, -0.05) is 24.3 Å². The van der Waals surface area contributed by atoms with E-state index in [1.165, 1.54) is 6.20 Å². The van der Waals surface area contributed by atoms with Crippen LogP contribution in [0.5, 0.6) is 5.75 Å². The van der Waals surface area contributed by atoms with Crippen LogP contribution in [0.4, 0.5) is 5.82 Å². The van der Waals surface area contributed by atoms with Gasteiger partial charge in [0.15, 0.2) is 11.6 Å². The van der Waals surface area contributed by atoms with Gasteiger partial charge in [0.25, 0.3) is 0 Å². The molecular formula is C14H14ClN3O2. The fraction of sp³-hybridized carbons (Fsp3) is 0.286. The Morgan fingerprint density at radius 2 is 2.15 bits per heavy atom. The molecule has 0 radical (unpaired) electrons. The summed E-state index contributed by atoms with van der Waals surface area (Å²) >= 11 is 5.83. The summed E-state index contributed by atoms with van der Waals surface area (Å²) in [7, 11) is 1.76. The second kappa shape index (κ2) is 4.61. The molecule has 1 aliphatic rings. The van der Waals surface area contributed by atoms with Crippen LogP contribution < -0.4 is 9.64 Å². The highest BCUT2D eigenvalue weighted by molar-refractivity contribution is 6.28. The molecule has 0 spiro atoms. The Kier molecular flexibility index (Phi) is 3.03. The van der Waals surface area contributed by atoms with Crippen molar-refractivity contribution in [2.45, 2.75) is 12.6 Å². The third-order valence-electron chi connectivity index (χ3n) is 3.58. The first kappa shape index (κ1) is 13.1. The van der Waals surface area contributed by atoms with Crippen molar-refractivity contribution in [1.82, 2.24) is 9.97 Å². The molecule has 0 aliphatic carbocycles. The number of halogens is 1. The highest BCUT2D eigenvalue weighted by Gasteiger charge is 2.42. The van der Waals surface area contributed by atoms with Crippen molar-refractivity contribution in [3.63, 3.8) is 0 Å². The monoisotopic (exact) mass is 291 g/mol. The number of benzene rings is 1. The minimum absolute atomic E-state index is 0.104. The van der Waals surface area contributed by atoms with Gasteiger partial charge in [-0.3, -0.25) is 0 Å². The normalized spacial score (nSPS) is 21.3. The number of aryl methyl sites for hydroxylation is 1. The van der Waals surface area contributed by atoms with E-state index in [1.807, 2.05) is 31.2 Å². The van der Waals surface area contributed by atoms with Gasteiger partial charge in [-0.25, -0.2) is 4.98 Å². The molecule has 1 aromatic carbocycles. The van der Waals surface area contributed by atoms with Gasteiger partial charge in [0, 0.05) is 12.6 Å². The summed E-state index contributed by atoms with van der Waals surface area (Å²) in [5, 5.41) is 11.1. The molecule has 2 heterocycles. The van der Waals surface area contributed by atoms with E-state index in [0.29, 0.717) is 11.6 Å². The molecule has 0 fully saturated rings. The number of rotatable bonds is 1. The van der Waals surface area contributed by atoms with Crippen LogP contribution in [-0.2, 0) is 5.72 Å². The maximum Gasteiger partial charge on any atom is 0.224 e. The number of ether oxygens (including phenoxy) is 1. The van der Waals surface area contributed by atoms with Gasteiger partial charge in [0.2, 0.25) is 11.0 Å². The van der Waals surface area contributed by atoms with E-state index >= 15 is 0 Å². The van der Waals surface area contributed by atoms with E-state index in [-0.39, 0.29) is 11.9 Å². The van der Waals surface area contributed by atoms with Gasteiger partial charge >= 0.3 is 0 Å². The Hall–Kier alpha value is -1.85. The number of hydrogen-bond acceptors (Lipinski definition) is 5. The van der Waals surface area contributed by atoms with Crippen molar-refractivity contribution in [3.8, 4) is 5.75 Å². The lowest BCUT2D eigenvalue weighted by Crippen LogP contribution is -2.52. The Bertz CT molecular complexity index is 665. The van der Waals surface area contributed by atoms with Gasteiger partial charge in [-0.2, -0.15) is 4.98 Å². The molecule has 1 unspecified atom stereocenters. The molecule has 0 saturated carbocycles. The number of fused-ring (bicyclic) bond motifs is 1. The van der Waals surface area contributed by atoms with E-state index in [2.05, 4.69) is 9.97 Å². The van der Waals surface area contributed by atoms with Crippen molar-refractivity contribution in [2.24, 2.45) is 0 Å². The third-order valence-corrected chi connectivity index (χ3v) is 3.77. The quantitative estimate of drug-likeness (QED) is 0.816. The number of anilines is 1. The fourth-order valence-electron chi connectivity index (χ4n) is 2.41. The molecule has 1 aromatic heterocycles. The smallest absolute Gasteiger partial charge is 0.224 e. The molecule has 0 amide bonds. The van der Waals surface area contributed by atoms with E-state index in [0.717, 1.165) is 11.1 Å². The summed E-state index contributed by atoms with van der Waals surface area (Å²) in [4.78, 5) is 9.69. The van der Waals surface area contributed by atoms with Crippen LogP contribution >= 0.6 is 11.6 Å². The van der Waals surface area contributed by atoms with Crippen molar-refractivity contribution < 1.29 is 9.84 Å². The van der Waals surface area contributed by atoms with Gasteiger partial charge in [0.05, 0.1) is 6.20 Å². The molecule has 2 aromatic rings. The molecule has 1 atom stereocenters. The molecule has 1 aliphatic heterocycles. The third kappa shape index (κ3) is 1.90. The average molecular weight is 292 g/mol. The molecule has 1 N–H and O–H groups in total. The molecule has 5 nitrogen and oxygen atoms in total. The first-order valence-electron chi connectivity index (χ1n) is 6.20. The lowest BCUT2D eigenvalue weighted by molar-refractivity contribution is -0.0199. The lowest BCUT2D eigenvalue weighted by Gasteiger charge is -2.42. The van der Waals surface area contributed by atoms with Crippen LogP contribution in [0.25, 0.3) is 0 Å². The number of aromatic nitrogens is 2. The van der Waals surface area contributed by atoms with Crippen LogP contribution in [0.3, 0.4) is 0 Å². The second-order valence-electron chi connectivity index (χ2n) is 4.81. The van der Waals surface area contributed by atoms with E-state index in [4.69, 9.17) is 16.3 Å². The van der Waals surface area contributed by atoms with E-state index < -0.39 is 5.72 Å². The number of likely N-dealkylation sites (N-methyl/N-ethyl adjacent to an activating group) is 1. The highest BCUT2D eigenvalue weighted by Crippen LogP contribution is 2.40. The first-order valence-corrected chi connectivity index (χ1v) is 6.58. The maximum absolute atomic E-state index is 11.0. The summed E-state index contributed by atoms with van der Waals surface area (Å²) in [6.45, 7) is 2.05. The SMILES string of the molecule is Cc1ccccc1C1(O)COc2cnc(Cl)nc2N1C. The summed E-state index contributed by atoms with van der Waals surface area (Å²) in [6, 6.07) is 7.64. The van der Waals surface area contributed by atoms with Crippen molar-refractivity contribution >= 4 is 17.4 Å². The maximum atomic E-state index is 11.0. The van der Waals surface area contributed by atoms with E-state index in [9.17, 15) is 5.11 Å². The summed E-state index contributed by atoms with van der Waals surface area (Å²) < 4.78 is 5.60. The van der Waals surface area contributed by atoms with E-state index in [1.54, 1.807) is 11.9 Å². The van der Waals surface area contributed by atoms with Gasteiger partial charge < -0.3 is 14.7 Å². The zero-order valence-electron chi connectivity index (χ0n) is 11.2. The zero-order chi connectivity index (χ0) is 14.3. The second-order valence-corrected chi connectivity index (χ2v) is 5.14. The number of aliphatic hydroxyl groups is 1. The summed E-state index contributed by atoms with van der Waals surface area (Å²) in [6.07, 6.45) is 1.51. The summed E-state index contributed by atoms with van der Waals surface area (Å²) in [5.74, 6) is 0.983. The molecule has 0 bridgehead atoms. The van der Waals surface area contributed by atoms with Gasteiger partial charge in [-0.15, -0.1) is 0 Å². The first-order chi connectivity index (χ1) is 9.52. The predicted octanol–water partition coefficient (Wildman–Crippen LogP) is 2.11. The van der Waals surface area contributed by atoms with Crippen LogP contribution in [-0.4, -0.2) is 28.7 Å². The molecular weight excluding hydrogens is 278 g/mol. The minimum Gasteiger partial charge on any atom is -0.483 e. The Morgan fingerprint density at radius 1 is 1.40 bits per heavy atom. The molecule has 6 heteroatoms. The zero-order valence-corrected chi connectivity index (χ0v) is 11.9. The number of hydrogen-bond donors (Lipinski definition) is 1. The molecule has 0 saturated heterocycles. The van der Waals surface area contributed by atoms with Crippen molar-refractivity contribution in [3.05, 3.63) is 46.9 Å². The largest absolute Gasteiger partial charge is 0.483 e. The Morgan fingerprint density at radius 3 is 2.90 bits per heavy atom. The fourth-order valence-corrected chi connectivity index (χ4v) is 2.54.